The number of nitrogens with one attached hydrogen (secondary N) is 1. The molecular weight excluding hydrogens is 254 g/mol. The number of allylic oxidation sites excluding steroid dienone is 1. The zero-order chi connectivity index (χ0) is 14.8. The van der Waals surface area contributed by atoms with Crippen LogP contribution in [0.15, 0.2) is 11.6 Å². The molecule has 2 aliphatic rings. The van der Waals surface area contributed by atoms with Crippen molar-refractivity contribution in [2.24, 2.45) is 5.92 Å². The van der Waals surface area contributed by atoms with E-state index in [0.717, 1.165) is 25.7 Å². The van der Waals surface area contributed by atoms with E-state index < -0.39 is 11.6 Å². The number of amides is 1. The highest BCUT2D eigenvalue weighted by Crippen LogP contribution is 2.31. The van der Waals surface area contributed by atoms with Crippen LogP contribution in [0.4, 0.5) is 0 Å². The van der Waals surface area contributed by atoms with Gasteiger partial charge in [-0.25, -0.2) is 0 Å². The highest BCUT2D eigenvalue weighted by atomic mass is 16.6. The van der Waals surface area contributed by atoms with Crippen LogP contribution in [0.3, 0.4) is 0 Å². The lowest BCUT2D eigenvalue weighted by atomic mass is 9.94. The van der Waals surface area contributed by atoms with E-state index in [2.05, 4.69) is 11.4 Å². The summed E-state index contributed by atoms with van der Waals surface area (Å²) < 4.78 is 5.25. The topological polar surface area (TPSA) is 58.7 Å². The van der Waals surface area contributed by atoms with Gasteiger partial charge in [-0.05, 0) is 39.0 Å². The van der Waals surface area contributed by atoms with E-state index >= 15 is 0 Å². The van der Waals surface area contributed by atoms with Gasteiger partial charge in [-0.2, -0.15) is 0 Å². The van der Waals surface area contributed by atoms with Crippen LogP contribution in [-0.2, 0) is 14.3 Å². The molecule has 0 aromatic heterocycles. The molecule has 1 N–H and O–H groups in total. The Labute approximate surface area is 120 Å². The molecule has 0 bridgehead atoms. The Morgan fingerprint density at radius 2 is 2.20 bits per heavy atom. The largest absolute Gasteiger partial charge is 0.361 e. The lowest BCUT2D eigenvalue weighted by molar-refractivity contribution is -0.132. The minimum atomic E-state index is -0.674. The lowest BCUT2D eigenvalue weighted by Crippen LogP contribution is -2.47. The number of rotatable bonds is 7. The van der Waals surface area contributed by atoms with Gasteiger partial charge in [-0.15, -0.1) is 0 Å². The van der Waals surface area contributed by atoms with Crippen molar-refractivity contribution >= 4 is 11.7 Å². The third-order valence-corrected chi connectivity index (χ3v) is 4.39. The highest BCUT2D eigenvalue weighted by Gasteiger charge is 2.50. The average molecular weight is 279 g/mol. The number of carbonyl (C=O) groups excluding carboxylic acids is 2. The molecule has 3 unspecified atom stereocenters. The molecule has 2 rings (SSSR count). The van der Waals surface area contributed by atoms with E-state index in [1.165, 1.54) is 5.57 Å². The highest BCUT2D eigenvalue weighted by molar-refractivity contribution is 5.96. The van der Waals surface area contributed by atoms with Gasteiger partial charge in [0.2, 0.25) is 5.91 Å². The van der Waals surface area contributed by atoms with Gasteiger partial charge in [0.1, 0.15) is 5.60 Å². The molecule has 112 valence electrons. The Kier molecular flexibility index (Phi) is 4.63. The smallest absolute Gasteiger partial charge is 0.223 e. The summed E-state index contributed by atoms with van der Waals surface area (Å²) in [6.07, 6.45) is 6.90. The van der Waals surface area contributed by atoms with Crippen molar-refractivity contribution < 1.29 is 14.3 Å². The van der Waals surface area contributed by atoms with Gasteiger partial charge in [-0.3, -0.25) is 9.59 Å². The standard InChI is InChI=1S/C16H25NO3/c1-4-11(2)15(19)17-13(9-12-7-5-6-8-12)14(18)16(3)10-20-16/h7,11,13H,4-6,8-10H2,1-3H3,(H,17,19). The Morgan fingerprint density at radius 3 is 2.70 bits per heavy atom. The van der Waals surface area contributed by atoms with Gasteiger partial charge in [0.05, 0.1) is 12.6 Å². The van der Waals surface area contributed by atoms with Gasteiger partial charge in [-0.1, -0.05) is 25.5 Å². The van der Waals surface area contributed by atoms with Crippen molar-refractivity contribution in [1.29, 1.82) is 0 Å². The van der Waals surface area contributed by atoms with Crippen LogP contribution >= 0.6 is 0 Å². The van der Waals surface area contributed by atoms with Crippen LogP contribution in [0, 0.1) is 5.92 Å². The van der Waals surface area contributed by atoms with Crippen LogP contribution < -0.4 is 5.32 Å². The van der Waals surface area contributed by atoms with Gasteiger partial charge >= 0.3 is 0 Å². The molecule has 0 aromatic rings. The molecule has 0 radical (unpaired) electrons. The first-order chi connectivity index (χ1) is 9.46. The van der Waals surface area contributed by atoms with Crippen molar-refractivity contribution in [1.82, 2.24) is 5.32 Å². The number of hydrogen-bond donors (Lipinski definition) is 1. The van der Waals surface area contributed by atoms with E-state index in [1.54, 1.807) is 6.92 Å². The van der Waals surface area contributed by atoms with E-state index in [9.17, 15) is 9.59 Å². The minimum absolute atomic E-state index is 0.0157. The van der Waals surface area contributed by atoms with E-state index in [-0.39, 0.29) is 17.6 Å². The number of ketones is 1. The summed E-state index contributed by atoms with van der Waals surface area (Å²) in [6, 6.07) is -0.437. The molecule has 4 nitrogen and oxygen atoms in total. The van der Waals surface area contributed by atoms with Crippen LogP contribution in [-0.4, -0.2) is 29.9 Å². The van der Waals surface area contributed by atoms with Crippen molar-refractivity contribution in [3.8, 4) is 0 Å². The van der Waals surface area contributed by atoms with Crippen LogP contribution in [0.25, 0.3) is 0 Å². The van der Waals surface area contributed by atoms with E-state index in [1.807, 2.05) is 13.8 Å². The number of Topliss-reactive ketones (excluding diaryl/α,β-unsaturated/α-hetero) is 1. The Balaban J connectivity index is 2.03. The lowest BCUT2D eigenvalue weighted by Gasteiger charge is -2.22. The third-order valence-electron chi connectivity index (χ3n) is 4.39. The first kappa shape index (κ1) is 15.2. The van der Waals surface area contributed by atoms with Crippen LogP contribution in [0.1, 0.15) is 52.9 Å². The maximum absolute atomic E-state index is 12.5. The molecule has 4 heteroatoms. The molecular formula is C16H25NO3. The van der Waals surface area contributed by atoms with Crippen LogP contribution in [0.5, 0.6) is 0 Å². The van der Waals surface area contributed by atoms with E-state index in [4.69, 9.17) is 4.74 Å². The fraction of sp³-hybridized carbons (Fsp3) is 0.750. The number of carbonyl (C=O) groups is 2. The van der Waals surface area contributed by atoms with Gasteiger partial charge < -0.3 is 10.1 Å². The molecule has 1 aliphatic carbocycles. The number of epoxide rings is 1. The summed E-state index contributed by atoms with van der Waals surface area (Å²) in [5.41, 5.74) is 0.615. The number of hydrogen-bond acceptors (Lipinski definition) is 3. The van der Waals surface area contributed by atoms with Crippen molar-refractivity contribution in [3.05, 3.63) is 11.6 Å². The molecule has 1 amide bonds. The fourth-order valence-corrected chi connectivity index (χ4v) is 2.51. The molecule has 0 spiro atoms. The summed E-state index contributed by atoms with van der Waals surface area (Å²) in [4.78, 5) is 24.6. The molecule has 20 heavy (non-hydrogen) atoms. The monoisotopic (exact) mass is 279 g/mol. The Hall–Kier alpha value is -1.16. The molecule has 0 saturated carbocycles. The maximum atomic E-state index is 12.5. The third kappa shape index (κ3) is 3.48. The Morgan fingerprint density at radius 1 is 1.50 bits per heavy atom. The fourth-order valence-electron chi connectivity index (χ4n) is 2.51. The van der Waals surface area contributed by atoms with Gasteiger partial charge in [0.15, 0.2) is 5.78 Å². The molecule has 1 heterocycles. The first-order valence-corrected chi connectivity index (χ1v) is 7.63. The maximum Gasteiger partial charge on any atom is 0.223 e. The molecule has 1 aliphatic heterocycles. The second-order valence-corrected chi connectivity index (χ2v) is 6.21. The number of ether oxygens (including phenoxy) is 1. The normalized spacial score (nSPS) is 27.6. The SMILES string of the molecule is CCC(C)C(=O)NC(CC1=CCCC1)C(=O)C1(C)CO1. The van der Waals surface area contributed by atoms with Crippen molar-refractivity contribution in [2.75, 3.05) is 6.61 Å². The predicted molar refractivity (Wildman–Crippen MR) is 77.3 cm³/mol. The molecule has 0 aromatic carbocycles. The minimum Gasteiger partial charge on any atom is -0.361 e. The average Bonchev–Trinajstić information content (AvgIpc) is 2.98. The summed E-state index contributed by atoms with van der Waals surface area (Å²) in [7, 11) is 0. The molecule has 1 saturated heterocycles. The second-order valence-electron chi connectivity index (χ2n) is 6.21. The van der Waals surface area contributed by atoms with Crippen molar-refractivity contribution in [3.63, 3.8) is 0 Å². The summed E-state index contributed by atoms with van der Waals surface area (Å²) in [5.74, 6) is -0.0774. The zero-order valence-electron chi connectivity index (χ0n) is 12.7. The Bertz CT molecular complexity index is 423. The zero-order valence-corrected chi connectivity index (χ0v) is 12.7. The first-order valence-electron chi connectivity index (χ1n) is 7.63. The summed E-state index contributed by atoms with van der Waals surface area (Å²) >= 11 is 0. The second kappa shape index (κ2) is 6.08. The predicted octanol–water partition coefficient (Wildman–Crippen LogP) is 2.38. The summed E-state index contributed by atoms with van der Waals surface area (Å²) in [6.45, 7) is 6.15. The van der Waals surface area contributed by atoms with Crippen LogP contribution in [0.2, 0.25) is 0 Å². The molecule has 1 fully saturated rings. The summed E-state index contributed by atoms with van der Waals surface area (Å²) in [5, 5.41) is 2.93. The van der Waals surface area contributed by atoms with Gasteiger partial charge in [0.25, 0.3) is 0 Å². The van der Waals surface area contributed by atoms with Gasteiger partial charge in [0, 0.05) is 5.92 Å². The molecule has 3 atom stereocenters. The quantitative estimate of drug-likeness (QED) is 0.575. The van der Waals surface area contributed by atoms with Crippen molar-refractivity contribution in [2.45, 2.75) is 64.5 Å². The van der Waals surface area contributed by atoms with E-state index in [0.29, 0.717) is 13.0 Å².